The lowest BCUT2D eigenvalue weighted by Crippen LogP contribution is -2.36. The van der Waals surface area contributed by atoms with Crippen LogP contribution in [0.3, 0.4) is 0 Å². The first-order valence-corrected chi connectivity index (χ1v) is 4.02. The average Bonchev–Trinajstić information content (AvgIpc) is 2.29. The summed E-state index contributed by atoms with van der Waals surface area (Å²) in [5, 5.41) is 0. The third kappa shape index (κ3) is 1.85. The fourth-order valence-corrected chi connectivity index (χ4v) is 1.45. The van der Waals surface area contributed by atoms with Gasteiger partial charge in [-0.15, -0.1) is 0 Å². The zero-order valence-corrected chi connectivity index (χ0v) is 7.59. The van der Waals surface area contributed by atoms with E-state index < -0.39 is 0 Å². The zero-order chi connectivity index (χ0) is 8.48. The molecule has 0 saturated carbocycles. The molecule has 1 aliphatic rings. The van der Waals surface area contributed by atoms with Crippen LogP contribution >= 0.6 is 0 Å². The van der Waals surface area contributed by atoms with Crippen LogP contribution in [-0.2, 0) is 0 Å². The largest absolute Gasteiger partial charge is 0.370 e. The van der Waals surface area contributed by atoms with E-state index in [1.54, 1.807) is 7.05 Å². The lowest BCUT2D eigenvalue weighted by atomic mass is 9.93. The Morgan fingerprint density at radius 3 is 2.55 bits per heavy atom. The molecule has 3 heteroatoms. The maximum Gasteiger partial charge on any atom is 0.190 e. The van der Waals surface area contributed by atoms with Crippen molar-refractivity contribution >= 4 is 5.96 Å². The molecule has 0 spiro atoms. The van der Waals surface area contributed by atoms with Gasteiger partial charge in [0.25, 0.3) is 0 Å². The third-order valence-corrected chi connectivity index (χ3v) is 2.23. The molecule has 0 aromatic rings. The highest BCUT2D eigenvalue weighted by Crippen LogP contribution is 2.28. The molecule has 0 aliphatic carbocycles. The van der Waals surface area contributed by atoms with Crippen LogP contribution in [0.4, 0.5) is 0 Å². The predicted molar refractivity (Wildman–Crippen MR) is 47.5 cm³/mol. The van der Waals surface area contributed by atoms with Crippen LogP contribution in [0.2, 0.25) is 0 Å². The van der Waals surface area contributed by atoms with Crippen LogP contribution in [-0.4, -0.2) is 31.0 Å². The topological polar surface area (TPSA) is 41.6 Å². The van der Waals surface area contributed by atoms with Crippen LogP contribution < -0.4 is 5.73 Å². The van der Waals surface area contributed by atoms with Gasteiger partial charge in [-0.3, -0.25) is 4.99 Å². The van der Waals surface area contributed by atoms with Crippen molar-refractivity contribution in [3.8, 4) is 0 Å². The van der Waals surface area contributed by atoms with Gasteiger partial charge in [0.2, 0.25) is 0 Å². The van der Waals surface area contributed by atoms with Crippen molar-refractivity contribution in [2.24, 2.45) is 16.1 Å². The number of nitrogens with zero attached hydrogens (tertiary/aromatic N) is 2. The number of rotatable bonds is 0. The van der Waals surface area contributed by atoms with Crippen LogP contribution in [0.1, 0.15) is 20.3 Å². The van der Waals surface area contributed by atoms with Crippen molar-refractivity contribution in [2.45, 2.75) is 20.3 Å². The molecule has 1 rings (SSSR count). The van der Waals surface area contributed by atoms with Crippen LogP contribution in [0, 0.1) is 5.41 Å². The Hall–Kier alpha value is -0.730. The first-order valence-electron chi connectivity index (χ1n) is 4.02. The molecule has 0 aromatic carbocycles. The molecule has 3 nitrogen and oxygen atoms in total. The minimum absolute atomic E-state index is 0.412. The third-order valence-electron chi connectivity index (χ3n) is 2.23. The van der Waals surface area contributed by atoms with Crippen molar-refractivity contribution in [3.05, 3.63) is 0 Å². The number of hydrogen-bond donors (Lipinski definition) is 1. The van der Waals surface area contributed by atoms with Gasteiger partial charge in [-0.05, 0) is 11.8 Å². The molecule has 0 aromatic heterocycles. The smallest absolute Gasteiger partial charge is 0.190 e. The van der Waals surface area contributed by atoms with E-state index in [0.717, 1.165) is 13.1 Å². The molecule has 1 fully saturated rings. The van der Waals surface area contributed by atoms with E-state index in [4.69, 9.17) is 5.73 Å². The van der Waals surface area contributed by atoms with Crippen LogP contribution in [0.5, 0.6) is 0 Å². The van der Waals surface area contributed by atoms with Gasteiger partial charge < -0.3 is 10.6 Å². The normalized spacial score (nSPS) is 24.3. The zero-order valence-electron chi connectivity index (χ0n) is 7.59. The molecule has 11 heavy (non-hydrogen) atoms. The van der Waals surface area contributed by atoms with Gasteiger partial charge in [-0.1, -0.05) is 13.8 Å². The van der Waals surface area contributed by atoms with Gasteiger partial charge in [-0.25, -0.2) is 0 Å². The maximum absolute atomic E-state index is 5.68. The quantitative estimate of drug-likeness (QED) is 0.412. The molecule has 0 atom stereocenters. The molecular weight excluding hydrogens is 138 g/mol. The molecule has 0 radical (unpaired) electrons. The van der Waals surface area contributed by atoms with Crippen molar-refractivity contribution in [1.82, 2.24) is 4.90 Å². The number of hydrogen-bond acceptors (Lipinski definition) is 1. The minimum Gasteiger partial charge on any atom is -0.370 e. The van der Waals surface area contributed by atoms with Crippen molar-refractivity contribution in [2.75, 3.05) is 20.1 Å². The van der Waals surface area contributed by atoms with E-state index >= 15 is 0 Å². The van der Waals surface area contributed by atoms with E-state index in [9.17, 15) is 0 Å². The Labute approximate surface area is 68.3 Å². The molecule has 1 saturated heterocycles. The summed E-state index contributed by atoms with van der Waals surface area (Å²) in [4.78, 5) is 6.10. The highest BCUT2D eigenvalue weighted by molar-refractivity contribution is 5.78. The summed E-state index contributed by atoms with van der Waals surface area (Å²) >= 11 is 0. The van der Waals surface area contributed by atoms with E-state index in [1.807, 2.05) is 0 Å². The molecule has 0 bridgehead atoms. The molecular formula is C8H17N3. The summed E-state index contributed by atoms with van der Waals surface area (Å²) in [6.45, 7) is 6.61. The molecule has 2 N–H and O–H groups in total. The van der Waals surface area contributed by atoms with Crippen molar-refractivity contribution in [3.63, 3.8) is 0 Å². The minimum atomic E-state index is 0.412. The average molecular weight is 155 g/mol. The molecule has 0 amide bonds. The molecule has 0 unspecified atom stereocenters. The summed E-state index contributed by atoms with van der Waals surface area (Å²) in [6, 6.07) is 0. The van der Waals surface area contributed by atoms with Crippen molar-refractivity contribution in [1.29, 1.82) is 0 Å². The van der Waals surface area contributed by atoms with E-state index in [0.29, 0.717) is 11.4 Å². The fourth-order valence-electron chi connectivity index (χ4n) is 1.45. The Kier molecular flexibility index (Phi) is 2.07. The maximum atomic E-state index is 5.68. The lowest BCUT2D eigenvalue weighted by molar-refractivity contribution is 0.374. The number of nitrogens with two attached hydrogens (primary N) is 1. The Bertz CT molecular complexity index is 172. The molecule has 64 valence electrons. The Morgan fingerprint density at radius 2 is 2.18 bits per heavy atom. The SMILES string of the molecule is CN=C(N)N1CCC(C)(C)C1. The second-order valence-corrected chi connectivity index (χ2v) is 3.92. The van der Waals surface area contributed by atoms with Gasteiger partial charge in [0, 0.05) is 20.1 Å². The van der Waals surface area contributed by atoms with Crippen LogP contribution in [0.15, 0.2) is 4.99 Å². The first kappa shape index (κ1) is 8.37. The number of aliphatic imine (C=N–C) groups is 1. The Morgan fingerprint density at radius 1 is 1.55 bits per heavy atom. The second-order valence-electron chi connectivity index (χ2n) is 3.92. The van der Waals surface area contributed by atoms with Gasteiger partial charge in [0.1, 0.15) is 0 Å². The lowest BCUT2D eigenvalue weighted by Gasteiger charge is -2.19. The molecule has 1 aliphatic heterocycles. The highest BCUT2D eigenvalue weighted by Gasteiger charge is 2.29. The summed E-state index contributed by atoms with van der Waals surface area (Å²) < 4.78 is 0. The van der Waals surface area contributed by atoms with Crippen LogP contribution in [0.25, 0.3) is 0 Å². The highest BCUT2D eigenvalue weighted by atomic mass is 15.3. The fraction of sp³-hybridized carbons (Fsp3) is 0.875. The number of likely N-dealkylation sites (tertiary alicyclic amines) is 1. The summed E-state index contributed by atoms with van der Waals surface area (Å²) in [6.07, 6.45) is 1.21. The summed E-state index contributed by atoms with van der Waals surface area (Å²) in [5.41, 5.74) is 6.09. The van der Waals surface area contributed by atoms with E-state index in [2.05, 4.69) is 23.7 Å². The Balaban J connectivity index is 2.55. The summed E-state index contributed by atoms with van der Waals surface area (Å²) in [7, 11) is 1.74. The van der Waals surface area contributed by atoms with Crippen molar-refractivity contribution < 1.29 is 0 Å². The van der Waals surface area contributed by atoms with Gasteiger partial charge in [0.15, 0.2) is 5.96 Å². The predicted octanol–water partition coefficient (Wildman–Crippen LogP) is 0.663. The standard InChI is InChI=1S/C8H17N3/c1-8(2)4-5-11(6-8)7(9)10-3/h4-6H2,1-3H3,(H2,9,10). The second kappa shape index (κ2) is 2.72. The summed E-state index contributed by atoms with van der Waals surface area (Å²) in [5.74, 6) is 0.676. The van der Waals surface area contributed by atoms with E-state index in [-0.39, 0.29) is 0 Å². The van der Waals surface area contributed by atoms with E-state index in [1.165, 1.54) is 6.42 Å². The monoisotopic (exact) mass is 155 g/mol. The number of guanidine groups is 1. The molecule has 1 heterocycles. The van der Waals surface area contributed by atoms with Gasteiger partial charge >= 0.3 is 0 Å². The van der Waals surface area contributed by atoms with Gasteiger partial charge in [0.05, 0.1) is 0 Å². The van der Waals surface area contributed by atoms with Gasteiger partial charge in [-0.2, -0.15) is 0 Å². The first-order chi connectivity index (χ1) is 5.05.